The highest BCUT2D eigenvalue weighted by Crippen LogP contribution is 2.37. The first-order valence-electron chi connectivity index (χ1n) is 8.94. The fourth-order valence-corrected chi connectivity index (χ4v) is 4.62. The van der Waals surface area contributed by atoms with Crippen molar-refractivity contribution in [1.29, 1.82) is 0 Å². The molecule has 0 aromatic heterocycles. The fourth-order valence-electron chi connectivity index (χ4n) is 2.79. The molecule has 168 valence electrons. The van der Waals surface area contributed by atoms with Crippen molar-refractivity contribution in [2.45, 2.75) is 18.0 Å². The Morgan fingerprint density at radius 2 is 1.62 bits per heavy atom. The topological polar surface area (TPSA) is 75.3 Å². The average Bonchev–Trinajstić information content (AvgIpc) is 2.70. The van der Waals surface area contributed by atoms with Crippen molar-refractivity contribution in [2.24, 2.45) is 0 Å². The number of halogens is 5. The minimum Gasteiger partial charge on any atom is -0.321 e. The van der Waals surface area contributed by atoms with Gasteiger partial charge in [-0.1, -0.05) is 41.4 Å². The molecule has 3 rings (SSSR count). The zero-order valence-electron chi connectivity index (χ0n) is 16.3. The number of nitrogens with one attached hydrogen (secondary N) is 2. The summed E-state index contributed by atoms with van der Waals surface area (Å²) in [6.07, 6.45) is -4.76. The van der Waals surface area contributed by atoms with Gasteiger partial charge in [-0.3, -0.25) is 9.52 Å². The van der Waals surface area contributed by atoms with Gasteiger partial charge < -0.3 is 5.32 Å². The van der Waals surface area contributed by atoms with Gasteiger partial charge in [0.1, 0.15) is 4.90 Å². The van der Waals surface area contributed by atoms with Gasteiger partial charge in [0.05, 0.1) is 22.0 Å². The Bertz CT molecular complexity index is 1300. The molecule has 5 nitrogen and oxygen atoms in total. The predicted molar refractivity (Wildman–Crippen MR) is 118 cm³/mol. The highest BCUT2D eigenvalue weighted by Gasteiger charge is 2.34. The van der Waals surface area contributed by atoms with Gasteiger partial charge in [-0.25, -0.2) is 8.42 Å². The van der Waals surface area contributed by atoms with Crippen molar-refractivity contribution >= 4 is 50.5 Å². The van der Waals surface area contributed by atoms with Gasteiger partial charge in [0, 0.05) is 10.6 Å². The maximum atomic E-state index is 13.3. The number of alkyl halides is 3. The van der Waals surface area contributed by atoms with Gasteiger partial charge in [-0.05, 0) is 55.0 Å². The van der Waals surface area contributed by atoms with Crippen LogP contribution in [0.15, 0.2) is 65.6 Å². The smallest absolute Gasteiger partial charge is 0.321 e. The van der Waals surface area contributed by atoms with Crippen LogP contribution < -0.4 is 10.0 Å². The molecule has 2 N–H and O–H groups in total. The van der Waals surface area contributed by atoms with Gasteiger partial charge in [-0.15, -0.1) is 0 Å². The Hall–Kier alpha value is -2.75. The number of sulfonamides is 1. The van der Waals surface area contributed by atoms with Crippen molar-refractivity contribution < 1.29 is 26.4 Å². The lowest BCUT2D eigenvalue weighted by Gasteiger charge is -2.15. The molecule has 1 amide bonds. The van der Waals surface area contributed by atoms with Gasteiger partial charge in [-0.2, -0.15) is 13.2 Å². The first kappa shape index (κ1) is 23.9. The van der Waals surface area contributed by atoms with Crippen molar-refractivity contribution in [3.63, 3.8) is 0 Å². The SMILES string of the molecule is Cc1ccccc1NS(=O)(=O)c1cc(C(=O)Nc2ccc(Cl)cc2C(F)(F)F)ccc1Cl. The molecule has 0 unspecified atom stereocenters. The van der Waals surface area contributed by atoms with Crippen LogP contribution in [0.25, 0.3) is 0 Å². The van der Waals surface area contributed by atoms with Crippen LogP contribution in [0.5, 0.6) is 0 Å². The number of anilines is 2. The number of hydrogen-bond acceptors (Lipinski definition) is 3. The van der Waals surface area contributed by atoms with Gasteiger partial charge >= 0.3 is 6.18 Å². The van der Waals surface area contributed by atoms with E-state index in [-0.39, 0.29) is 15.6 Å². The lowest BCUT2D eigenvalue weighted by atomic mass is 10.1. The molecule has 0 radical (unpaired) electrons. The third-order valence-electron chi connectivity index (χ3n) is 4.41. The van der Waals surface area contributed by atoms with Crippen molar-refractivity contribution in [2.75, 3.05) is 10.0 Å². The summed E-state index contributed by atoms with van der Waals surface area (Å²) in [4.78, 5) is 12.2. The quantitative estimate of drug-likeness (QED) is 0.425. The molecule has 0 spiro atoms. The minimum atomic E-state index is -4.76. The molecule has 32 heavy (non-hydrogen) atoms. The van der Waals surface area contributed by atoms with Gasteiger partial charge in [0.2, 0.25) is 0 Å². The monoisotopic (exact) mass is 502 g/mol. The van der Waals surface area contributed by atoms with E-state index >= 15 is 0 Å². The Morgan fingerprint density at radius 1 is 0.938 bits per heavy atom. The third-order valence-corrected chi connectivity index (χ3v) is 6.49. The number of benzene rings is 3. The Morgan fingerprint density at radius 3 is 2.28 bits per heavy atom. The van der Waals surface area contributed by atoms with E-state index in [1.54, 1.807) is 31.2 Å². The van der Waals surface area contributed by atoms with Crippen molar-refractivity contribution in [1.82, 2.24) is 0 Å². The van der Waals surface area contributed by atoms with Crippen LogP contribution in [0.3, 0.4) is 0 Å². The number of carbonyl (C=O) groups is 1. The van der Waals surface area contributed by atoms with E-state index in [4.69, 9.17) is 23.2 Å². The van der Waals surface area contributed by atoms with Crippen molar-refractivity contribution in [3.05, 3.63) is 87.4 Å². The van der Waals surface area contributed by atoms with E-state index < -0.39 is 38.3 Å². The molecule has 0 bridgehead atoms. The van der Waals surface area contributed by atoms with Crippen LogP contribution in [0.4, 0.5) is 24.5 Å². The summed E-state index contributed by atoms with van der Waals surface area (Å²) in [5.41, 5.74) is -0.897. The maximum absolute atomic E-state index is 13.3. The summed E-state index contributed by atoms with van der Waals surface area (Å²) in [6.45, 7) is 1.70. The molecule has 0 saturated carbocycles. The standard InChI is InChI=1S/C21H15Cl2F3N2O3S/c1-12-4-2-3-5-17(12)28-32(30,31)19-10-13(6-8-16(19)23)20(29)27-18-9-7-14(22)11-15(18)21(24,25)26/h2-11,28H,1H3,(H,27,29). The second-order valence-corrected chi connectivity index (χ2v) is 9.20. The first-order chi connectivity index (χ1) is 14.9. The number of hydrogen-bond donors (Lipinski definition) is 2. The third kappa shape index (κ3) is 5.35. The molecule has 0 atom stereocenters. The van der Waals surface area contributed by atoms with Crippen LogP contribution in [0.2, 0.25) is 10.0 Å². The molecule has 0 fully saturated rings. The van der Waals surface area contributed by atoms with E-state index in [0.29, 0.717) is 17.3 Å². The van der Waals surface area contributed by atoms with Gasteiger partial charge in [0.15, 0.2) is 0 Å². The summed E-state index contributed by atoms with van der Waals surface area (Å²) in [5, 5.41) is 1.82. The normalized spacial score (nSPS) is 11.8. The number of amides is 1. The molecule has 3 aromatic rings. The average molecular weight is 503 g/mol. The summed E-state index contributed by atoms with van der Waals surface area (Å²) in [7, 11) is -4.19. The minimum absolute atomic E-state index is 0.155. The zero-order valence-corrected chi connectivity index (χ0v) is 18.6. The second kappa shape index (κ2) is 9.01. The lowest BCUT2D eigenvalue weighted by Crippen LogP contribution is -2.18. The predicted octanol–water partition coefficient (Wildman–Crippen LogP) is 6.37. The summed E-state index contributed by atoms with van der Waals surface area (Å²) < 4.78 is 67.9. The molecule has 0 saturated heterocycles. The van der Waals surface area contributed by atoms with E-state index in [1.807, 2.05) is 0 Å². The number of rotatable bonds is 5. The first-order valence-corrected chi connectivity index (χ1v) is 11.2. The molecule has 0 aliphatic heterocycles. The van der Waals surface area contributed by atoms with Gasteiger partial charge in [0.25, 0.3) is 15.9 Å². The van der Waals surface area contributed by atoms with E-state index in [0.717, 1.165) is 12.1 Å². The van der Waals surface area contributed by atoms with E-state index in [2.05, 4.69) is 10.0 Å². The van der Waals surface area contributed by atoms with Crippen LogP contribution in [0, 0.1) is 6.92 Å². The molecule has 0 aliphatic carbocycles. The Labute approximate surface area is 192 Å². The number of aryl methyl sites for hydroxylation is 1. The summed E-state index contributed by atoms with van der Waals surface area (Å²) in [5.74, 6) is -0.957. The number of para-hydroxylation sites is 1. The van der Waals surface area contributed by atoms with Crippen LogP contribution >= 0.6 is 23.2 Å². The molecule has 3 aromatic carbocycles. The van der Waals surface area contributed by atoms with Crippen LogP contribution in [-0.2, 0) is 16.2 Å². The molecular formula is C21H15Cl2F3N2O3S. The highest BCUT2D eigenvalue weighted by molar-refractivity contribution is 7.92. The van der Waals surface area contributed by atoms with Crippen LogP contribution in [0.1, 0.15) is 21.5 Å². The van der Waals surface area contributed by atoms with Crippen molar-refractivity contribution in [3.8, 4) is 0 Å². The highest BCUT2D eigenvalue weighted by atomic mass is 35.5. The molecular weight excluding hydrogens is 488 g/mol. The Kier molecular flexibility index (Phi) is 6.73. The molecule has 0 aliphatic rings. The maximum Gasteiger partial charge on any atom is 0.418 e. The van der Waals surface area contributed by atoms with E-state index in [1.165, 1.54) is 18.2 Å². The second-order valence-electron chi connectivity index (χ2n) is 6.71. The summed E-state index contributed by atoms with van der Waals surface area (Å²) >= 11 is 11.7. The fraction of sp³-hybridized carbons (Fsp3) is 0.0952. The Balaban J connectivity index is 1.94. The lowest BCUT2D eigenvalue weighted by molar-refractivity contribution is -0.136. The largest absolute Gasteiger partial charge is 0.418 e. The van der Waals surface area contributed by atoms with Crippen LogP contribution in [-0.4, -0.2) is 14.3 Å². The number of carbonyl (C=O) groups excluding carboxylic acids is 1. The zero-order chi connectivity index (χ0) is 23.7. The molecule has 0 heterocycles. The molecule has 11 heteroatoms. The summed E-state index contributed by atoms with van der Waals surface area (Å²) in [6, 6.07) is 12.9. The van der Waals surface area contributed by atoms with E-state index in [9.17, 15) is 26.4 Å².